The van der Waals surface area contributed by atoms with E-state index in [1.54, 1.807) is 0 Å². The number of unbranched alkanes of at least 4 members (excludes halogenated alkanes) is 19. The van der Waals surface area contributed by atoms with E-state index in [0.29, 0.717) is 0 Å². The Balaban J connectivity index is 0. The molecule has 0 aromatic heterocycles. The predicted molar refractivity (Wildman–Crippen MR) is 145 cm³/mol. The summed E-state index contributed by atoms with van der Waals surface area (Å²) in [6, 6.07) is 0. The Bertz CT molecular complexity index is 310. The molecule has 0 aliphatic heterocycles. The fourth-order valence-electron chi connectivity index (χ4n) is 3.47. The SMILES string of the molecule is CCCCCCCCCCCC=CS.CCCCCCCCCCCCC=CS. The molecule has 0 nitrogen and oxygen atoms in total. The molecule has 0 unspecified atom stereocenters. The lowest BCUT2D eigenvalue weighted by molar-refractivity contribution is 0.557. The average molecular weight is 443 g/mol. The number of hydrogen-bond donors (Lipinski definition) is 2. The highest BCUT2D eigenvalue weighted by atomic mass is 32.1. The molecule has 2 heteroatoms. The predicted octanol–water partition coefficient (Wildman–Crippen LogP) is 11.1. The van der Waals surface area contributed by atoms with Gasteiger partial charge in [0.05, 0.1) is 0 Å². The molecule has 0 fully saturated rings. The second-order valence-corrected chi connectivity index (χ2v) is 8.95. The van der Waals surface area contributed by atoms with Crippen molar-refractivity contribution in [2.24, 2.45) is 0 Å². The van der Waals surface area contributed by atoms with Crippen LogP contribution in [0.1, 0.15) is 149 Å². The topological polar surface area (TPSA) is 0 Å². The molecule has 0 amide bonds. The first-order valence-electron chi connectivity index (χ1n) is 12.9. The van der Waals surface area contributed by atoms with Crippen LogP contribution in [-0.4, -0.2) is 0 Å². The van der Waals surface area contributed by atoms with Gasteiger partial charge in [0.25, 0.3) is 0 Å². The van der Waals surface area contributed by atoms with Crippen LogP contribution in [0.5, 0.6) is 0 Å². The standard InChI is InChI=1S/C14H28S.C13H26S/c1-2-3-4-5-6-7-8-9-10-11-12-13-14-15;1-2-3-4-5-6-7-8-9-10-11-12-13-14/h13-15H,2-12H2,1H3;12-14H,2-11H2,1H3. The van der Waals surface area contributed by atoms with E-state index in [4.69, 9.17) is 0 Å². The van der Waals surface area contributed by atoms with Crippen LogP contribution in [0.4, 0.5) is 0 Å². The molecule has 0 aromatic carbocycles. The number of allylic oxidation sites excluding steroid dienone is 2. The van der Waals surface area contributed by atoms with Crippen LogP contribution in [0.2, 0.25) is 0 Å². The molecular weight excluding hydrogens is 388 g/mol. The van der Waals surface area contributed by atoms with Gasteiger partial charge in [0.1, 0.15) is 0 Å². The first-order valence-corrected chi connectivity index (χ1v) is 13.9. The summed E-state index contributed by atoms with van der Waals surface area (Å²) in [5.74, 6) is 0. The third-order valence-electron chi connectivity index (χ3n) is 5.41. The summed E-state index contributed by atoms with van der Waals surface area (Å²) < 4.78 is 0. The van der Waals surface area contributed by atoms with Gasteiger partial charge in [-0.3, -0.25) is 0 Å². The summed E-state index contributed by atoms with van der Waals surface area (Å²) in [6.45, 7) is 4.55. The highest BCUT2D eigenvalue weighted by molar-refractivity contribution is 7.83. The fraction of sp³-hybridized carbons (Fsp3) is 0.852. The Morgan fingerprint density at radius 2 is 0.621 bits per heavy atom. The molecule has 0 bridgehead atoms. The Labute approximate surface area is 196 Å². The minimum atomic E-state index is 1.21. The van der Waals surface area contributed by atoms with Crippen LogP contribution in [-0.2, 0) is 0 Å². The lowest BCUT2D eigenvalue weighted by Crippen LogP contribution is -1.81. The highest BCUT2D eigenvalue weighted by Crippen LogP contribution is 2.12. The third-order valence-corrected chi connectivity index (χ3v) is 5.83. The summed E-state index contributed by atoms with van der Waals surface area (Å²) in [5.41, 5.74) is 0. The molecule has 0 aromatic rings. The van der Waals surface area contributed by atoms with Crippen LogP contribution < -0.4 is 0 Å². The van der Waals surface area contributed by atoms with Crippen molar-refractivity contribution in [3.8, 4) is 0 Å². The second kappa shape index (κ2) is 32.8. The third kappa shape index (κ3) is 35.9. The van der Waals surface area contributed by atoms with Crippen molar-refractivity contribution >= 4 is 25.3 Å². The van der Waals surface area contributed by atoms with Crippen molar-refractivity contribution in [2.75, 3.05) is 0 Å². The van der Waals surface area contributed by atoms with Crippen molar-refractivity contribution in [1.29, 1.82) is 0 Å². The summed E-state index contributed by atoms with van der Waals surface area (Å²) in [7, 11) is 0. The summed E-state index contributed by atoms with van der Waals surface area (Å²) >= 11 is 8.07. The summed E-state index contributed by atoms with van der Waals surface area (Å²) in [6.07, 6.45) is 33.6. The molecule has 0 atom stereocenters. The first kappa shape index (κ1) is 31.4. The lowest BCUT2D eigenvalue weighted by atomic mass is 10.1. The molecule has 0 aliphatic carbocycles. The maximum absolute atomic E-state index is 4.04. The Kier molecular flexibility index (Phi) is 35.5. The van der Waals surface area contributed by atoms with Crippen LogP contribution >= 0.6 is 25.3 Å². The quantitative estimate of drug-likeness (QED) is 0.128. The Morgan fingerprint density at radius 3 is 0.862 bits per heavy atom. The van der Waals surface area contributed by atoms with Gasteiger partial charge in [0.15, 0.2) is 0 Å². The molecule has 29 heavy (non-hydrogen) atoms. The van der Waals surface area contributed by atoms with Crippen molar-refractivity contribution in [3.05, 3.63) is 23.0 Å². The van der Waals surface area contributed by atoms with Crippen LogP contribution in [0.25, 0.3) is 0 Å². The normalized spacial score (nSPS) is 11.3. The van der Waals surface area contributed by atoms with Gasteiger partial charge >= 0.3 is 0 Å². The lowest BCUT2D eigenvalue weighted by Gasteiger charge is -2.01. The van der Waals surface area contributed by atoms with E-state index in [-0.39, 0.29) is 0 Å². The average Bonchev–Trinajstić information content (AvgIpc) is 2.74. The van der Waals surface area contributed by atoms with Gasteiger partial charge in [-0.15, -0.1) is 0 Å². The van der Waals surface area contributed by atoms with Gasteiger partial charge < -0.3 is 0 Å². The Morgan fingerprint density at radius 1 is 0.379 bits per heavy atom. The number of thiol groups is 2. The van der Waals surface area contributed by atoms with Crippen molar-refractivity contribution in [3.63, 3.8) is 0 Å². The maximum atomic E-state index is 4.04. The summed E-state index contributed by atoms with van der Waals surface area (Å²) in [4.78, 5) is 0. The van der Waals surface area contributed by atoms with E-state index in [2.05, 4.69) is 51.3 Å². The minimum absolute atomic E-state index is 1.21. The number of rotatable bonds is 21. The molecule has 0 heterocycles. The zero-order chi connectivity index (χ0) is 21.7. The molecule has 0 saturated heterocycles. The zero-order valence-corrected chi connectivity index (χ0v) is 21.8. The molecule has 0 aliphatic rings. The fourth-order valence-corrected chi connectivity index (χ4v) is 3.77. The van der Waals surface area contributed by atoms with Crippen molar-refractivity contribution in [1.82, 2.24) is 0 Å². The molecule has 174 valence electrons. The number of hydrogen-bond acceptors (Lipinski definition) is 2. The largest absolute Gasteiger partial charge is 0.152 e. The van der Waals surface area contributed by atoms with E-state index in [0.717, 1.165) is 0 Å². The van der Waals surface area contributed by atoms with E-state index in [1.165, 1.54) is 135 Å². The van der Waals surface area contributed by atoms with Gasteiger partial charge in [0.2, 0.25) is 0 Å². The minimum Gasteiger partial charge on any atom is -0.152 e. The molecule has 0 saturated carbocycles. The van der Waals surface area contributed by atoms with Crippen molar-refractivity contribution in [2.45, 2.75) is 149 Å². The molecule has 0 rings (SSSR count). The van der Waals surface area contributed by atoms with E-state index < -0.39 is 0 Å². The zero-order valence-electron chi connectivity index (χ0n) is 20.1. The van der Waals surface area contributed by atoms with E-state index in [9.17, 15) is 0 Å². The van der Waals surface area contributed by atoms with E-state index in [1.807, 2.05) is 10.8 Å². The Hall–Kier alpha value is 0.180. The van der Waals surface area contributed by atoms with E-state index >= 15 is 0 Å². The van der Waals surface area contributed by atoms with Gasteiger partial charge in [-0.1, -0.05) is 135 Å². The van der Waals surface area contributed by atoms with Crippen molar-refractivity contribution < 1.29 is 0 Å². The highest BCUT2D eigenvalue weighted by Gasteiger charge is 1.92. The molecular formula is C27H54S2. The second-order valence-electron chi connectivity index (χ2n) is 8.36. The molecule has 0 spiro atoms. The van der Waals surface area contributed by atoms with Crippen LogP contribution in [0.3, 0.4) is 0 Å². The van der Waals surface area contributed by atoms with Gasteiger partial charge in [-0.05, 0) is 36.5 Å². The summed E-state index contributed by atoms with van der Waals surface area (Å²) in [5, 5.41) is 3.71. The van der Waals surface area contributed by atoms with Gasteiger partial charge in [0, 0.05) is 0 Å². The van der Waals surface area contributed by atoms with Gasteiger partial charge in [-0.25, -0.2) is 0 Å². The maximum Gasteiger partial charge on any atom is -0.0343 e. The monoisotopic (exact) mass is 442 g/mol. The molecule has 0 radical (unpaired) electrons. The van der Waals surface area contributed by atoms with Crippen LogP contribution in [0.15, 0.2) is 23.0 Å². The van der Waals surface area contributed by atoms with Gasteiger partial charge in [-0.2, -0.15) is 25.3 Å². The first-order chi connectivity index (χ1) is 14.3. The van der Waals surface area contributed by atoms with Crippen LogP contribution in [0, 0.1) is 0 Å². The molecule has 0 N–H and O–H groups in total. The smallest absolute Gasteiger partial charge is 0.0343 e.